The molecule has 3 rings (SSSR count). The summed E-state index contributed by atoms with van der Waals surface area (Å²) in [4.78, 5) is 28.9. The standard InChI is InChI=1S/C19H19NO3/c1-2-4-16(21)19-17(22)10-14(11-18(19)23)12-6-7-15-13(9-12)5-3-8-20-15/h3,5-9,14,21H,2,4,10-11H2,1H3. The highest BCUT2D eigenvalue weighted by Crippen LogP contribution is 2.34. The first-order valence-corrected chi connectivity index (χ1v) is 7.93. The third kappa shape index (κ3) is 3.02. The summed E-state index contributed by atoms with van der Waals surface area (Å²) in [7, 11) is 0. The third-order valence-corrected chi connectivity index (χ3v) is 4.30. The number of hydrogen-bond donors (Lipinski definition) is 1. The number of hydrogen-bond acceptors (Lipinski definition) is 4. The zero-order valence-electron chi connectivity index (χ0n) is 13.1. The Hall–Kier alpha value is -2.49. The van der Waals surface area contributed by atoms with Gasteiger partial charge in [-0.05, 0) is 36.1 Å². The van der Waals surface area contributed by atoms with E-state index in [1.165, 1.54) is 0 Å². The average Bonchev–Trinajstić information content (AvgIpc) is 2.54. The third-order valence-electron chi connectivity index (χ3n) is 4.30. The predicted molar refractivity (Wildman–Crippen MR) is 88.3 cm³/mol. The molecule has 0 unspecified atom stereocenters. The molecule has 1 N–H and O–H groups in total. The molecule has 1 aromatic carbocycles. The summed E-state index contributed by atoms with van der Waals surface area (Å²) < 4.78 is 0. The van der Waals surface area contributed by atoms with Crippen molar-refractivity contribution in [1.29, 1.82) is 0 Å². The number of carbonyl (C=O) groups is 2. The summed E-state index contributed by atoms with van der Waals surface area (Å²) >= 11 is 0. The zero-order chi connectivity index (χ0) is 16.4. The number of carbonyl (C=O) groups excluding carboxylic acids is 2. The Labute approximate surface area is 134 Å². The first kappa shape index (κ1) is 15.4. The highest BCUT2D eigenvalue weighted by molar-refractivity contribution is 6.22. The number of Topliss-reactive ketones (excluding diaryl/α,β-unsaturated/α-hetero) is 2. The molecule has 1 heterocycles. The van der Waals surface area contributed by atoms with E-state index in [0.717, 1.165) is 16.5 Å². The molecule has 0 aliphatic heterocycles. The van der Waals surface area contributed by atoms with Gasteiger partial charge in [-0.1, -0.05) is 19.1 Å². The minimum Gasteiger partial charge on any atom is -0.511 e. The monoisotopic (exact) mass is 309 g/mol. The molecule has 4 nitrogen and oxygen atoms in total. The maximum absolute atomic E-state index is 12.3. The van der Waals surface area contributed by atoms with Crippen LogP contribution in [0.3, 0.4) is 0 Å². The molecule has 0 saturated heterocycles. The van der Waals surface area contributed by atoms with Crippen LogP contribution in [0, 0.1) is 0 Å². The Morgan fingerprint density at radius 3 is 2.65 bits per heavy atom. The lowest BCUT2D eigenvalue weighted by molar-refractivity contribution is -0.124. The first-order chi connectivity index (χ1) is 11.1. The largest absolute Gasteiger partial charge is 0.511 e. The number of aliphatic hydroxyl groups excluding tert-OH is 1. The number of aromatic nitrogens is 1. The molecule has 2 aromatic rings. The van der Waals surface area contributed by atoms with Crippen molar-refractivity contribution in [3.63, 3.8) is 0 Å². The van der Waals surface area contributed by atoms with Gasteiger partial charge in [-0.3, -0.25) is 14.6 Å². The van der Waals surface area contributed by atoms with Gasteiger partial charge >= 0.3 is 0 Å². The molecule has 1 saturated carbocycles. The SMILES string of the molecule is CCCC(O)=C1C(=O)CC(c2ccc3ncccc3c2)CC1=O. The highest BCUT2D eigenvalue weighted by Gasteiger charge is 2.33. The van der Waals surface area contributed by atoms with Crippen LogP contribution in [0.1, 0.15) is 44.1 Å². The first-order valence-electron chi connectivity index (χ1n) is 7.93. The summed E-state index contributed by atoms with van der Waals surface area (Å²) in [5, 5.41) is 10.9. The molecule has 0 atom stereocenters. The fraction of sp³-hybridized carbons (Fsp3) is 0.316. The predicted octanol–water partition coefficient (Wildman–Crippen LogP) is 3.86. The van der Waals surface area contributed by atoms with Crippen molar-refractivity contribution in [2.75, 3.05) is 0 Å². The topological polar surface area (TPSA) is 67.3 Å². The summed E-state index contributed by atoms with van der Waals surface area (Å²) in [6.07, 6.45) is 3.35. The number of allylic oxidation sites excluding steroid dienone is 2. The lowest BCUT2D eigenvalue weighted by Gasteiger charge is -2.23. The molecule has 23 heavy (non-hydrogen) atoms. The second kappa shape index (κ2) is 6.32. The lowest BCUT2D eigenvalue weighted by Crippen LogP contribution is -2.26. The van der Waals surface area contributed by atoms with Crippen molar-refractivity contribution >= 4 is 22.5 Å². The van der Waals surface area contributed by atoms with Gasteiger partial charge in [-0.2, -0.15) is 0 Å². The second-order valence-corrected chi connectivity index (χ2v) is 5.98. The molecule has 1 aliphatic rings. The maximum atomic E-state index is 12.3. The minimum absolute atomic E-state index is 0.0190. The molecular weight excluding hydrogens is 290 g/mol. The molecule has 1 fully saturated rings. The molecule has 0 spiro atoms. The van der Waals surface area contributed by atoms with E-state index in [-0.39, 0.29) is 41.7 Å². The van der Waals surface area contributed by atoms with Crippen LogP contribution < -0.4 is 0 Å². The molecule has 1 aromatic heterocycles. The highest BCUT2D eigenvalue weighted by atomic mass is 16.3. The van der Waals surface area contributed by atoms with E-state index in [4.69, 9.17) is 0 Å². The molecule has 0 bridgehead atoms. The molecule has 1 aliphatic carbocycles. The Morgan fingerprint density at radius 2 is 1.96 bits per heavy atom. The van der Waals surface area contributed by atoms with Crippen LogP contribution in [0.2, 0.25) is 0 Å². The van der Waals surface area contributed by atoms with Crippen molar-refractivity contribution in [1.82, 2.24) is 4.98 Å². The number of ketones is 2. The van der Waals surface area contributed by atoms with Crippen LogP contribution in [-0.2, 0) is 9.59 Å². The lowest BCUT2D eigenvalue weighted by atomic mass is 9.79. The van der Waals surface area contributed by atoms with Gasteiger partial charge in [0.2, 0.25) is 0 Å². The summed E-state index contributed by atoms with van der Waals surface area (Å²) in [5.74, 6) is -0.673. The Bertz CT molecular complexity index is 787. The van der Waals surface area contributed by atoms with Crippen molar-refractivity contribution in [3.05, 3.63) is 53.4 Å². The molecule has 0 amide bonds. The molecule has 0 radical (unpaired) electrons. The van der Waals surface area contributed by atoms with Crippen LogP contribution in [0.25, 0.3) is 10.9 Å². The van der Waals surface area contributed by atoms with E-state index in [2.05, 4.69) is 4.98 Å². The van der Waals surface area contributed by atoms with Crippen molar-refractivity contribution in [2.45, 2.75) is 38.5 Å². The summed E-state index contributed by atoms with van der Waals surface area (Å²) in [6, 6.07) is 9.68. The van der Waals surface area contributed by atoms with E-state index in [1.807, 2.05) is 37.3 Å². The van der Waals surface area contributed by atoms with E-state index in [1.54, 1.807) is 6.20 Å². The van der Waals surface area contributed by atoms with Crippen LogP contribution in [0.5, 0.6) is 0 Å². The molecular formula is C19H19NO3. The summed E-state index contributed by atoms with van der Waals surface area (Å²) in [5.41, 5.74) is 1.89. The Balaban J connectivity index is 1.89. The van der Waals surface area contributed by atoms with Gasteiger partial charge in [0.1, 0.15) is 5.76 Å². The Kier molecular flexibility index (Phi) is 4.24. The van der Waals surface area contributed by atoms with Gasteiger partial charge < -0.3 is 5.11 Å². The quantitative estimate of drug-likeness (QED) is 0.531. The number of pyridine rings is 1. The van der Waals surface area contributed by atoms with Crippen molar-refractivity contribution in [2.24, 2.45) is 0 Å². The van der Waals surface area contributed by atoms with Crippen molar-refractivity contribution in [3.8, 4) is 0 Å². The van der Waals surface area contributed by atoms with Crippen LogP contribution in [0.15, 0.2) is 47.9 Å². The minimum atomic E-state index is -0.247. The number of rotatable bonds is 3. The summed E-state index contributed by atoms with van der Waals surface area (Å²) in [6.45, 7) is 1.90. The normalized spacial score (nSPS) is 18.5. The maximum Gasteiger partial charge on any atom is 0.170 e. The average molecular weight is 309 g/mol. The van der Waals surface area contributed by atoms with E-state index >= 15 is 0 Å². The number of aliphatic hydroxyl groups is 1. The number of benzene rings is 1. The van der Waals surface area contributed by atoms with E-state index in [9.17, 15) is 14.7 Å². The van der Waals surface area contributed by atoms with E-state index < -0.39 is 0 Å². The van der Waals surface area contributed by atoms with Gasteiger partial charge in [0.25, 0.3) is 0 Å². The van der Waals surface area contributed by atoms with Crippen molar-refractivity contribution < 1.29 is 14.7 Å². The van der Waals surface area contributed by atoms with Gasteiger partial charge in [-0.15, -0.1) is 0 Å². The number of fused-ring (bicyclic) bond motifs is 1. The van der Waals surface area contributed by atoms with Gasteiger partial charge in [-0.25, -0.2) is 0 Å². The van der Waals surface area contributed by atoms with Gasteiger partial charge in [0.05, 0.1) is 11.1 Å². The zero-order valence-corrected chi connectivity index (χ0v) is 13.1. The smallest absolute Gasteiger partial charge is 0.170 e. The van der Waals surface area contributed by atoms with Crippen LogP contribution in [0.4, 0.5) is 0 Å². The van der Waals surface area contributed by atoms with Crippen LogP contribution >= 0.6 is 0 Å². The van der Waals surface area contributed by atoms with Gasteiger partial charge in [0.15, 0.2) is 11.6 Å². The fourth-order valence-electron chi connectivity index (χ4n) is 3.15. The molecule has 4 heteroatoms. The van der Waals surface area contributed by atoms with E-state index in [0.29, 0.717) is 12.8 Å². The van der Waals surface area contributed by atoms with Gasteiger partial charge in [0, 0.05) is 30.8 Å². The number of nitrogens with zero attached hydrogens (tertiary/aromatic N) is 1. The second-order valence-electron chi connectivity index (χ2n) is 5.98. The van der Waals surface area contributed by atoms with Crippen LogP contribution in [-0.4, -0.2) is 21.7 Å². The molecule has 118 valence electrons. The Morgan fingerprint density at radius 1 is 1.22 bits per heavy atom. The fourth-order valence-corrected chi connectivity index (χ4v) is 3.15.